The second-order valence-corrected chi connectivity index (χ2v) is 4.58. The molecule has 2 N–H and O–H groups in total. The summed E-state index contributed by atoms with van der Waals surface area (Å²) in [5, 5.41) is 14.3. The molecule has 0 aromatic heterocycles. The summed E-state index contributed by atoms with van der Waals surface area (Å²) in [4.78, 5) is 23.6. The zero-order valence-electron chi connectivity index (χ0n) is 11.9. The molecule has 0 unspecified atom stereocenters. The number of carbonyl (C=O) groups excluding carboxylic acids is 2. The Morgan fingerprint density at radius 3 is 2.41 bits per heavy atom. The Hall–Kier alpha value is -3.13. The van der Waals surface area contributed by atoms with Gasteiger partial charge in [-0.2, -0.15) is 5.26 Å². The van der Waals surface area contributed by atoms with Crippen molar-refractivity contribution >= 4 is 17.5 Å². The van der Waals surface area contributed by atoms with Gasteiger partial charge >= 0.3 is 0 Å². The van der Waals surface area contributed by atoms with Gasteiger partial charge in [-0.25, -0.2) is 0 Å². The highest BCUT2D eigenvalue weighted by Crippen LogP contribution is 2.13. The molecule has 2 amide bonds. The average Bonchev–Trinajstić information content (AvgIpc) is 2.56. The van der Waals surface area contributed by atoms with E-state index in [1.165, 1.54) is 0 Å². The quantitative estimate of drug-likeness (QED) is 0.887. The first-order chi connectivity index (χ1) is 10.7. The highest BCUT2D eigenvalue weighted by molar-refractivity contribution is 5.95. The Morgan fingerprint density at radius 2 is 1.68 bits per heavy atom. The first-order valence-electron chi connectivity index (χ1n) is 6.83. The molecular weight excluding hydrogens is 278 g/mol. The molecule has 0 aliphatic carbocycles. The summed E-state index contributed by atoms with van der Waals surface area (Å²) in [6.07, 6.45) is 0.137. The number of carbonyl (C=O) groups is 2. The SMILES string of the molecule is N#Cc1ccccc1NC(=O)CCNC(=O)c1ccccc1. The molecule has 0 saturated carbocycles. The fraction of sp³-hybridized carbons (Fsp3) is 0.118. The van der Waals surface area contributed by atoms with Crippen molar-refractivity contribution < 1.29 is 9.59 Å². The number of anilines is 1. The van der Waals surface area contributed by atoms with Crippen molar-refractivity contribution in [3.63, 3.8) is 0 Å². The summed E-state index contributed by atoms with van der Waals surface area (Å²) in [5.74, 6) is -0.470. The zero-order valence-corrected chi connectivity index (χ0v) is 11.9. The van der Waals surface area contributed by atoms with Crippen LogP contribution in [0.1, 0.15) is 22.3 Å². The smallest absolute Gasteiger partial charge is 0.251 e. The molecule has 0 bridgehead atoms. The summed E-state index contributed by atoms with van der Waals surface area (Å²) < 4.78 is 0. The molecule has 0 aliphatic heterocycles. The van der Waals surface area contributed by atoms with E-state index in [2.05, 4.69) is 10.6 Å². The van der Waals surface area contributed by atoms with E-state index < -0.39 is 0 Å². The Balaban J connectivity index is 1.81. The van der Waals surface area contributed by atoms with Gasteiger partial charge in [-0.1, -0.05) is 30.3 Å². The first-order valence-corrected chi connectivity index (χ1v) is 6.83. The summed E-state index contributed by atoms with van der Waals surface area (Å²) in [6.45, 7) is 0.230. The highest BCUT2D eigenvalue weighted by Gasteiger charge is 2.08. The minimum atomic E-state index is -0.254. The third-order valence-electron chi connectivity index (χ3n) is 3.00. The Bertz CT molecular complexity index is 705. The number of amides is 2. The highest BCUT2D eigenvalue weighted by atomic mass is 16.2. The molecule has 0 aliphatic rings. The van der Waals surface area contributed by atoms with Crippen LogP contribution in [-0.4, -0.2) is 18.4 Å². The molecule has 2 aromatic rings. The van der Waals surface area contributed by atoms with E-state index in [-0.39, 0.29) is 24.8 Å². The Morgan fingerprint density at radius 1 is 1.00 bits per heavy atom. The normalized spacial score (nSPS) is 9.59. The lowest BCUT2D eigenvalue weighted by atomic mass is 10.2. The van der Waals surface area contributed by atoms with E-state index in [1.54, 1.807) is 48.5 Å². The van der Waals surface area contributed by atoms with Crippen LogP contribution in [0.5, 0.6) is 0 Å². The van der Waals surface area contributed by atoms with Crippen LogP contribution < -0.4 is 10.6 Å². The van der Waals surface area contributed by atoms with Gasteiger partial charge in [0.2, 0.25) is 5.91 Å². The minimum absolute atomic E-state index is 0.137. The maximum absolute atomic E-state index is 11.8. The summed E-state index contributed by atoms with van der Waals surface area (Å²) in [5.41, 5.74) is 1.44. The van der Waals surface area contributed by atoms with E-state index >= 15 is 0 Å². The van der Waals surface area contributed by atoms with Crippen LogP contribution in [0.25, 0.3) is 0 Å². The van der Waals surface area contributed by atoms with Gasteiger partial charge in [-0.15, -0.1) is 0 Å². The van der Waals surface area contributed by atoms with Gasteiger partial charge in [0.15, 0.2) is 0 Å². The predicted octanol–water partition coefficient (Wildman–Crippen LogP) is 2.32. The monoisotopic (exact) mass is 293 g/mol. The van der Waals surface area contributed by atoms with Crippen molar-refractivity contribution in [2.75, 3.05) is 11.9 Å². The molecule has 5 nitrogen and oxygen atoms in total. The fourth-order valence-corrected chi connectivity index (χ4v) is 1.88. The van der Waals surface area contributed by atoms with Gasteiger partial charge in [-0.3, -0.25) is 9.59 Å². The number of hydrogen-bond donors (Lipinski definition) is 2. The Labute approximate surface area is 128 Å². The van der Waals surface area contributed by atoms with Crippen molar-refractivity contribution in [2.24, 2.45) is 0 Å². The van der Waals surface area contributed by atoms with E-state index in [0.717, 1.165) is 0 Å². The van der Waals surface area contributed by atoms with Gasteiger partial charge in [0.1, 0.15) is 6.07 Å². The maximum Gasteiger partial charge on any atom is 0.251 e. The third kappa shape index (κ3) is 4.18. The number of nitrogens with one attached hydrogen (secondary N) is 2. The number of benzene rings is 2. The van der Waals surface area contributed by atoms with Crippen molar-refractivity contribution in [3.8, 4) is 6.07 Å². The molecule has 2 rings (SSSR count). The summed E-state index contributed by atoms with van der Waals surface area (Å²) >= 11 is 0. The van der Waals surface area contributed by atoms with Crippen molar-refractivity contribution in [3.05, 3.63) is 65.7 Å². The molecule has 0 atom stereocenters. The van der Waals surface area contributed by atoms with Crippen LogP contribution in [0.4, 0.5) is 5.69 Å². The number of nitrogens with zero attached hydrogens (tertiary/aromatic N) is 1. The van der Waals surface area contributed by atoms with E-state index in [4.69, 9.17) is 5.26 Å². The molecule has 22 heavy (non-hydrogen) atoms. The molecule has 0 saturated heterocycles. The topological polar surface area (TPSA) is 82.0 Å². The lowest BCUT2D eigenvalue weighted by Crippen LogP contribution is -2.27. The lowest BCUT2D eigenvalue weighted by molar-refractivity contribution is -0.116. The van der Waals surface area contributed by atoms with Gasteiger partial charge in [0.25, 0.3) is 5.91 Å². The molecule has 110 valence electrons. The van der Waals surface area contributed by atoms with Crippen LogP contribution in [0.15, 0.2) is 54.6 Å². The van der Waals surface area contributed by atoms with Crippen molar-refractivity contribution in [1.29, 1.82) is 5.26 Å². The number of para-hydroxylation sites is 1. The molecule has 0 radical (unpaired) electrons. The molecule has 2 aromatic carbocycles. The van der Waals surface area contributed by atoms with Crippen LogP contribution in [0.2, 0.25) is 0 Å². The predicted molar refractivity (Wildman–Crippen MR) is 83.2 cm³/mol. The van der Waals surface area contributed by atoms with Crippen LogP contribution in [0.3, 0.4) is 0 Å². The van der Waals surface area contributed by atoms with Crippen LogP contribution in [-0.2, 0) is 4.79 Å². The van der Waals surface area contributed by atoms with Gasteiger partial charge in [0.05, 0.1) is 11.3 Å². The number of rotatable bonds is 5. The van der Waals surface area contributed by atoms with Gasteiger partial charge in [-0.05, 0) is 24.3 Å². The first kappa shape index (κ1) is 15.3. The van der Waals surface area contributed by atoms with Crippen molar-refractivity contribution in [1.82, 2.24) is 5.32 Å². The Kier molecular flexibility index (Phi) is 5.27. The maximum atomic E-state index is 11.8. The minimum Gasteiger partial charge on any atom is -0.352 e. The van der Waals surface area contributed by atoms with E-state index in [9.17, 15) is 9.59 Å². The molecule has 0 fully saturated rings. The lowest BCUT2D eigenvalue weighted by Gasteiger charge is -2.08. The van der Waals surface area contributed by atoms with Crippen LogP contribution in [0, 0.1) is 11.3 Å². The van der Waals surface area contributed by atoms with Crippen molar-refractivity contribution in [2.45, 2.75) is 6.42 Å². The van der Waals surface area contributed by atoms with Gasteiger partial charge < -0.3 is 10.6 Å². The van der Waals surface area contributed by atoms with E-state index in [0.29, 0.717) is 16.8 Å². The largest absolute Gasteiger partial charge is 0.352 e. The summed E-state index contributed by atoms with van der Waals surface area (Å²) in [7, 11) is 0. The van der Waals surface area contributed by atoms with Gasteiger partial charge in [0, 0.05) is 18.5 Å². The average molecular weight is 293 g/mol. The standard InChI is InChI=1S/C17H15N3O2/c18-12-14-8-4-5-9-15(14)20-16(21)10-11-19-17(22)13-6-2-1-3-7-13/h1-9H,10-11H2,(H,19,22)(H,20,21). The third-order valence-corrected chi connectivity index (χ3v) is 3.00. The molecule has 0 spiro atoms. The van der Waals surface area contributed by atoms with E-state index in [1.807, 2.05) is 12.1 Å². The molecule has 5 heteroatoms. The fourth-order valence-electron chi connectivity index (χ4n) is 1.88. The number of hydrogen-bond acceptors (Lipinski definition) is 3. The zero-order chi connectivity index (χ0) is 15.8. The molecular formula is C17H15N3O2. The number of nitriles is 1. The second-order valence-electron chi connectivity index (χ2n) is 4.58. The van der Waals surface area contributed by atoms with Crippen LogP contribution >= 0.6 is 0 Å². The second kappa shape index (κ2) is 7.60. The molecule has 0 heterocycles. The summed E-state index contributed by atoms with van der Waals surface area (Å²) in [6, 6.07) is 17.6.